The molecule has 0 atom stereocenters. The van der Waals surface area contributed by atoms with Crippen molar-refractivity contribution in [3.63, 3.8) is 0 Å². The van der Waals surface area contributed by atoms with E-state index in [4.69, 9.17) is 4.74 Å². The molecule has 1 heterocycles. The van der Waals surface area contributed by atoms with Crippen LogP contribution >= 0.6 is 0 Å². The van der Waals surface area contributed by atoms with Gasteiger partial charge in [0, 0.05) is 51.6 Å². The molecule has 2 aromatic rings. The number of likely N-dealkylation sites (tertiary alicyclic amines) is 1. The summed E-state index contributed by atoms with van der Waals surface area (Å²) in [6.45, 7) is 5.04. The largest absolute Gasteiger partial charge is 0.490 e. The second-order valence-corrected chi connectivity index (χ2v) is 7.07. The molecule has 6 nitrogen and oxygen atoms in total. The molecule has 2 aromatic carbocycles. The maximum atomic E-state index is 11.9. The summed E-state index contributed by atoms with van der Waals surface area (Å²) in [5, 5.41) is 6.24. The summed E-state index contributed by atoms with van der Waals surface area (Å²) in [6, 6.07) is 17.7. The third-order valence-corrected chi connectivity index (χ3v) is 5.00. The molecular formula is C23H30N4O2. The Bertz CT molecular complexity index is 797. The number of piperidine rings is 1. The molecule has 1 aliphatic heterocycles. The monoisotopic (exact) mass is 394 g/mol. The van der Waals surface area contributed by atoms with E-state index in [2.05, 4.69) is 20.5 Å². The quantitative estimate of drug-likeness (QED) is 0.584. The summed E-state index contributed by atoms with van der Waals surface area (Å²) in [7, 11) is 1.81. The fraction of sp³-hybridized carbons (Fsp3) is 0.391. The van der Waals surface area contributed by atoms with E-state index in [1.165, 1.54) is 0 Å². The molecule has 0 saturated carbocycles. The second-order valence-electron chi connectivity index (χ2n) is 7.07. The summed E-state index contributed by atoms with van der Waals surface area (Å²) >= 11 is 0. The van der Waals surface area contributed by atoms with Crippen LogP contribution in [0.5, 0.6) is 5.75 Å². The van der Waals surface area contributed by atoms with Crippen LogP contribution < -0.4 is 15.4 Å². The van der Waals surface area contributed by atoms with Gasteiger partial charge in [-0.2, -0.15) is 0 Å². The number of amides is 1. The van der Waals surface area contributed by atoms with Crippen LogP contribution in [0.15, 0.2) is 59.6 Å². The Morgan fingerprint density at radius 1 is 1.07 bits per heavy atom. The number of hydrogen-bond acceptors (Lipinski definition) is 3. The average molecular weight is 395 g/mol. The van der Waals surface area contributed by atoms with Crippen molar-refractivity contribution >= 4 is 11.9 Å². The highest BCUT2D eigenvalue weighted by atomic mass is 16.5. The summed E-state index contributed by atoms with van der Waals surface area (Å²) < 4.78 is 6.07. The Morgan fingerprint density at radius 2 is 1.76 bits per heavy atom. The SMILES string of the molecule is CCNC(=O)c1ccc(CNC(=NC)N2CCC(Oc3ccccc3)CC2)cc1. The Kier molecular flexibility index (Phi) is 7.50. The average Bonchev–Trinajstić information content (AvgIpc) is 2.76. The smallest absolute Gasteiger partial charge is 0.251 e. The first kappa shape index (κ1) is 20.7. The van der Waals surface area contributed by atoms with Crippen LogP contribution in [0, 0.1) is 0 Å². The minimum Gasteiger partial charge on any atom is -0.490 e. The minimum absolute atomic E-state index is 0.0385. The standard InChI is InChI=1S/C23H30N4O2/c1-3-25-22(28)19-11-9-18(10-12-19)17-26-23(24-2)27-15-13-21(14-16-27)29-20-7-5-4-6-8-20/h4-12,21H,3,13-17H2,1-2H3,(H,24,26)(H,25,28). The number of aliphatic imine (C=N–C) groups is 1. The molecule has 29 heavy (non-hydrogen) atoms. The first-order valence-corrected chi connectivity index (χ1v) is 10.2. The van der Waals surface area contributed by atoms with Crippen LogP contribution in [-0.4, -0.2) is 49.6 Å². The minimum atomic E-state index is -0.0385. The van der Waals surface area contributed by atoms with Crippen molar-refractivity contribution in [2.75, 3.05) is 26.7 Å². The number of nitrogens with one attached hydrogen (secondary N) is 2. The van der Waals surface area contributed by atoms with Crippen LogP contribution in [0.1, 0.15) is 35.7 Å². The van der Waals surface area contributed by atoms with E-state index in [0.717, 1.165) is 43.2 Å². The van der Waals surface area contributed by atoms with Gasteiger partial charge in [0.25, 0.3) is 5.91 Å². The molecule has 6 heteroatoms. The fourth-order valence-corrected chi connectivity index (χ4v) is 3.43. The van der Waals surface area contributed by atoms with Gasteiger partial charge in [0.15, 0.2) is 5.96 Å². The van der Waals surface area contributed by atoms with Gasteiger partial charge in [-0.05, 0) is 36.8 Å². The number of nitrogens with zero attached hydrogens (tertiary/aromatic N) is 2. The summed E-state index contributed by atoms with van der Waals surface area (Å²) in [6.07, 6.45) is 2.18. The number of hydrogen-bond donors (Lipinski definition) is 2. The molecule has 0 radical (unpaired) electrons. The van der Waals surface area contributed by atoms with Crippen LogP contribution in [0.4, 0.5) is 0 Å². The van der Waals surface area contributed by atoms with Crippen molar-refractivity contribution in [2.24, 2.45) is 4.99 Å². The molecule has 2 N–H and O–H groups in total. The normalized spacial score (nSPS) is 15.1. The topological polar surface area (TPSA) is 66.0 Å². The van der Waals surface area contributed by atoms with Crippen LogP contribution in [0.25, 0.3) is 0 Å². The third-order valence-electron chi connectivity index (χ3n) is 5.00. The number of carbonyl (C=O) groups excluding carboxylic acids is 1. The summed E-state index contributed by atoms with van der Waals surface area (Å²) in [5.74, 6) is 1.80. The second kappa shape index (κ2) is 10.5. The number of guanidine groups is 1. The van der Waals surface area contributed by atoms with Crippen molar-refractivity contribution in [2.45, 2.75) is 32.4 Å². The first-order chi connectivity index (χ1) is 14.2. The van der Waals surface area contributed by atoms with Gasteiger partial charge in [0.1, 0.15) is 11.9 Å². The van der Waals surface area contributed by atoms with Gasteiger partial charge >= 0.3 is 0 Å². The Balaban J connectivity index is 1.46. The van der Waals surface area contributed by atoms with Crippen molar-refractivity contribution in [1.29, 1.82) is 0 Å². The maximum Gasteiger partial charge on any atom is 0.251 e. The van der Waals surface area contributed by atoms with Gasteiger partial charge in [-0.3, -0.25) is 9.79 Å². The summed E-state index contributed by atoms with van der Waals surface area (Å²) in [5.41, 5.74) is 1.79. The Morgan fingerprint density at radius 3 is 2.38 bits per heavy atom. The fourth-order valence-electron chi connectivity index (χ4n) is 3.43. The van der Waals surface area contributed by atoms with Crippen molar-refractivity contribution in [3.05, 3.63) is 65.7 Å². The zero-order valence-electron chi connectivity index (χ0n) is 17.2. The lowest BCUT2D eigenvalue weighted by atomic mass is 10.1. The van der Waals surface area contributed by atoms with E-state index in [-0.39, 0.29) is 12.0 Å². The van der Waals surface area contributed by atoms with Crippen LogP contribution in [0.2, 0.25) is 0 Å². The third kappa shape index (κ3) is 5.98. The molecule has 1 saturated heterocycles. The number of carbonyl (C=O) groups is 1. The molecule has 1 fully saturated rings. The molecule has 3 rings (SSSR count). The summed E-state index contributed by atoms with van der Waals surface area (Å²) in [4.78, 5) is 18.6. The number of rotatable bonds is 6. The lowest BCUT2D eigenvalue weighted by molar-refractivity contribution is 0.0955. The van der Waals surface area contributed by atoms with E-state index >= 15 is 0 Å². The van der Waals surface area contributed by atoms with Crippen LogP contribution in [0.3, 0.4) is 0 Å². The lowest BCUT2D eigenvalue weighted by Crippen LogP contribution is -2.47. The molecule has 1 aliphatic rings. The van der Waals surface area contributed by atoms with E-state index in [0.29, 0.717) is 18.7 Å². The molecule has 1 amide bonds. The van der Waals surface area contributed by atoms with E-state index in [1.54, 1.807) is 0 Å². The van der Waals surface area contributed by atoms with Crippen molar-refractivity contribution in [3.8, 4) is 5.75 Å². The lowest BCUT2D eigenvalue weighted by Gasteiger charge is -2.34. The highest BCUT2D eigenvalue weighted by Crippen LogP contribution is 2.18. The Hall–Kier alpha value is -3.02. The zero-order chi connectivity index (χ0) is 20.5. The van der Waals surface area contributed by atoms with Gasteiger partial charge in [0.2, 0.25) is 0 Å². The van der Waals surface area contributed by atoms with Gasteiger partial charge in [0.05, 0.1) is 0 Å². The molecular weight excluding hydrogens is 364 g/mol. The highest BCUT2D eigenvalue weighted by molar-refractivity contribution is 5.94. The van der Waals surface area contributed by atoms with Gasteiger partial charge in [-0.25, -0.2) is 0 Å². The highest BCUT2D eigenvalue weighted by Gasteiger charge is 2.22. The van der Waals surface area contributed by atoms with E-state index in [9.17, 15) is 4.79 Å². The molecule has 0 aromatic heterocycles. The molecule has 0 unspecified atom stereocenters. The first-order valence-electron chi connectivity index (χ1n) is 10.2. The number of para-hydroxylation sites is 1. The Labute approximate surface area is 173 Å². The maximum absolute atomic E-state index is 11.9. The molecule has 0 aliphatic carbocycles. The predicted molar refractivity (Wildman–Crippen MR) is 116 cm³/mol. The van der Waals surface area contributed by atoms with Gasteiger partial charge in [-0.1, -0.05) is 30.3 Å². The van der Waals surface area contributed by atoms with Gasteiger partial charge in [-0.15, -0.1) is 0 Å². The zero-order valence-corrected chi connectivity index (χ0v) is 17.2. The number of ether oxygens (including phenoxy) is 1. The van der Waals surface area contributed by atoms with E-state index < -0.39 is 0 Å². The molecule has 0 bridgehead atoms. The van der Waals surface area contributed by atoms with Crippen molar-refractivity contribution in [1.82, 2.24) is 15.5 Å². The predicted octanol–water partition coefficient (Wildman–Crippen LogP) is 3.06. The van der Waals surface area contributed by atoms with E-state index in [1.807, 2.05) is 68.6 Å². The van der Waals surface area contributed by atoms with Crippen LogP contribution in [-0.2, 0) is 6.54 Å². The molecule has 154 valence electrons. The van der Waals surface area contributed by atoms with Gasteiger partial charge < -0.3 is 20.3 Å². The number of benzene rings is 2. The van der Waals surface area contributed by atoms with Crippen molar-refractivity contribution < 1.29 is 9.53 Å². The molecule has 0 spiro atoms.